The molecule has 0 radical (unpaired) electrons. The lowest BCUT2D eigenvalue weighted by Crippen LogP contribution is -2.47. The Labute approximate surface area is 173 Å². The van der Waals surface area contributed by atoms with Crippen molar-refractivity contribution < 1.29 is 18.8 Å². The number of nitrogens with two attached hydrogens (primary N) is 1. The summed E-state index contributed by atoms with van der Waals surface area (Å²) in [7, 11) is 0. The maximum absolute atomic E-state index is 12.9. The molecule has 3 heterocycles. The Kier molecular flexibility index (Phi) is 5.26. The normalized spacial score (nSPS) is 11.9. The molecule has 10 nitrogen and oxygen atoms in total. The molecule has 3 N–H and O–H groups in total. The Morgan fingerprint density at radius 2 is 2.00 bits per heavy atom. The number of nitrogens with zero attached hydrogens (tertiary/aromatic N) is 4. The molecule has 0 fully saturated rings. The number of para-hydroxylation sites is 1. The van der Waals surface area contributed by atoms with Crippen molar-refractivity contribution in [2.24, 2.45) is 5.73 Å². The number of primary amides is 1. The summed E-state index contributed by atoms with van der Waals surface area (Å²) in [6, 6.07) is 7.61. The number of amides is 2. The van der Waals surface area contributed by atoms with Gasteiger partial charge in [-0.1, -0.05) is 18.2 Å². The van der Waals surface area contributed by atoms with Crippen LogP contribution in [-0.2, 0) is 16.0 Å². The Morgan fingerprint density at radius 3 is 2.77 bits per heavy atom. The summed E-state index contributed by atoms with van der Waals surface area (Å²) in [4.78, 5) is 44.7. The van der Waals surface area contributed by atoms with Gasteiger partial charge in [-0.15, -0.1) is 0 Å². The monoisotopic (exact) mass is 422 g/mol. The van der Waals surface area contributed by atoms with Crippen LogP contribution in [0.4, 0.5) is 0 Å². The SMILES string of the molecule is NC(=O)C(=O)C(Cc1coc2ccccc12)NC(=O)c1nsnc1-c1ccncn1. The predicted molar refractivity (Wildman–Crippen MR) is 106 cm³/mol. The van der Waals surface area contributed by atoms with Crippen LogP contribution in [0.25, 0.3) is 22.4 Å². The van der Waals surface area contributed by atoms with Crippen LogP contribution in [0.3, 0.4) is 0 Å². The summed E-state index contributed by atoms with van der Waals surface area (Å²) in [6.45, 7) is 0. The van der Waals surface area contributed by atoms with Gasteiger partial charge < -0.3 is 15.5 Å². The van der Waals surface area contributed by atoms with Gasteiger partial charge in [0, 0.05) is 23.6 Å². The molecular weight excluding hydrogens is 408 g/mol. The second-order valence-corrected chi connectivity index (χ2v) is 6.80. The fraction of sp³-hybridized carbons (Fsp3) is 0.105. The van der Waals surface area contributed by atoms with Gasteiger partial charge in [0.25, 0.3) is 11.8 Å². The molecule has 11 heteroatoms. The van der Waals surface area contributed by atoms with E-state index in [1.807, 2.05) is 18.2 Å². The maximum atomic E-state index is 12.9. The number of Topliss-reactive ketones (excluding diaryl/α,β-unsaturated/α-hetero) is 1. The molecular formula is C19H14N6O4S. The van der Waals surface area contributed by atoms with Crippen LogP contribution >= 0.6 is 11.7 Å². The molecule has 0 bridgehead atoms. The number of aromatic nitrogens is 4. The van der Waals surface area contributed by atoms with Crippen LogP contribution in [0.1, 0.15) is 16.1 Å². The van der Waals surface area contributed by atoms with Gasteiger partial charge in [0.1, 0.15) is 23.6 Å². The van der Waals surface area contributed by atoms with Crippen LogP contribution in [0.2, 0.25) is 0 Å². The standard InChI is InChI=1S/C19H14N6O4S/c20-18(27)17(26)13(7-10-8-29-14-4-2-1-3-11(10)14)23-19(28)16-15(24-30-25-16)12-5-6-21-9-22-12/h1-6,8-9,13H,7H2,(H2,20,27)(H,23,28). The molecule has 1 aromatic carbocycles. The van der Waals surface area contributed by atoms with Gasteiger partial charge in [-0.05, 0) is 12.1 Å². The van der Waals surface area contributed by atoms with Crippen molar-refractivity contribution in [2.45, 2.75) is 12.5 Å². The zero-order chi connectivity index (χ0) is 21.1. The lowest BCUT2D eigenvalue weighted by molar-refractivity contribution is -0.137. The van der Waals surface area contributed by atoms with E-state index in [0.717, 1.165) is 17.1 Å². The maximum Gasteiger partial charge on any atom is 0.287 e. The van der Waals surface area contributed by atoms with E-state index in [1.54, 1.807) is 12.1 Å². The van der Waals surface area contributed by atoms with Crippen LogP contribution < -0.4 is 11.1 Å². The minimum atomic E-state index is -1.20. The van der Waals surface area contributed by atoms with E-state index in [9.17, 15) is 14.4 Å². The van der Waals surface area contributed by atoms with E-state index >= 15 is 0 Å². The van der Waals surface area contributed by atoms with Gasteiger partial charge >= 0.3 is 0 Å². The molecule has 30 heavy (non-hydrogen) atoms. The first-order valence-electron chi connectivity index (χ1n) is 8.73. The van der Waals surface area contributed by atoms with Gasteiger partial charge in [-0.25, -0.2) is 9.97 Å². The van der Waals surface area contributed by atoms with E-state index in [0.29, 0.717) is 16.8 Å². The number of hydrogen-bond donors (Lipinski definition) is 2. The van der Waals surface area contributed by atoms with Crippen LogP contribution in [-0.4, -0.2) is 42.4 Å². The van der Waals surface area contributed by atoms with Gasteiger partial charge in [-0.3, -0.25) is 14.4 Å². The quantitative estimate of drug-likeness (QED) is 0.420. The summed E-state index contributed by atoms with van der Waals surface area (Å²) in [5.41, 5.74) is 7.10. The topological polar surface area (TPSA) is 154 Å². The summed E-state index contributed by atoms with van der Waals surface area (Å²) in [5.74, 6) is -2.76. The second kappa shape index (κ2) is 8.17. The molecule has 1 atom stereocenters. The fourth-order valence-corrected chi connectivity index (χ4v) is 3.51. The van der Waals surface area contributed by atoms with Gasteiger partial charge in [0.2, 0.25) is 5.78 Å². The number of carbonyl (C=O) groups is 3. The molecule has 150 valence electrons. The second-order valence-electron chi connectivity index (χ2n) is 6.27. The van der Waals surface area contributed by atoms with E-state index < -0.39 is 23.6 Å². The number of nitrogens with one attached hydrogen (secondary N) is 1. The fourth-order valence-electron chi connectivity index (χ4n) is 2.95. The number of ketones is 1. The number of furan rings is 1. The van der Waals surface area contributed by atoms with Crippen molar-refractivity contribution >= 4 is 40.3 Å². The van der Waals surface area contributed by atoms with Crippen molar-refractivity contribution in [1.82, 2.24) is 24.0 Å². The van der Waals surface area contributed by atoms with Gasteiger partial charge in [0.05, 0.1) is 23.7 Å². The lowest BCUT2D eigenvalue weighted by atomic mass is 10.0. The summed E-state index contributed by atoms with van der Waals surface area (Å²) >= 11 is 0.826. The highest BCUT2D eigenvalue weighted by molar-refractivity contribution is 6.99. The van der Waals surface area contributed by atoms with E-state index in [1.165, 1.54) is 18.8 Å². The first-order valence-corrected chi connectivity index (χ1v) is 9.46. The van der Waals surface area contributed by atoms with E-state index in [4.69, 9.17) is 10.2 Å². The lowest BCUT2D eigenvalue weighted by Gasteiger charge is -2.15. The average Bonchev–Trinajstić information content (AvgIpc) is 3.41. The molecule has 3 aromatic heterocycles. The minimum Gasteiger partial charge on any atom is -0.464 e. The van der Waals surface area contributed by atoms with Crippen LogP contribution in [0.15, 0.2) is 53.5 Å². The molecule has 4 aromatic rings. The minimum absolute atomic E-state index is 0.0157. The molecule has 4 rings (SSSR count). The third-order valence-corrected chi connectivity index (χ3v) is 4.91. The summed E-state index contributed by atoms with van der Waals surface area (Å²) in [5, 5.41) is 3.31. The van der Waals surface area contributed by atoms with Crippen molar-refractivity contribution in [3.63, 3.8) is 0 Å². The van der Waals surface area contributed by atoms with E-state index in [2.05, 4.69) is 24.0 Å². The molecule has 0 aliphatic carbocycles. The van der Waals surface area contributed by atoms with Gasteiger partial charge in [0.15, 0.2) is 5.69 Å². The van der Waals surface area contributed by atoms with Crippen LogP contribution in [0.5, 0.6) is 0 Å². The van der Waals surface area contributed by atoms with Crippen LogP contribution in [0, 0.1) is 0 Å². The molecule has 2 amide bonds. The highest BCUT2D eigenvalue weighted by Gasteiger charge is 2.29. The Morgan fingerprint density at radius 1 is 1.17 bits per heavy atom. The number of carbonyl (C=O) groups excluding carboxylic acids is 3. The number of hydrogen-bond acceptors (Lipinski definition) is 9. The number of benzene rings is 1. The predicted octanol–water partition coefficient (Wildman–Crippen LogP) is 1.14. The molecule has 0 spiro atoms. The third-order valence-electron chi connectivity index (χ3n) is 4.38. The molecule has 0 aliphatic rings. The number of fused-ring (bicyclic) bond motifs is 1. The molecule has 0 saturated carbocycles. The first kappa shape index (κ1) is 19.3. The summed E-state index contributed by atoms with van der Waals surface area (Å²) < 4.78 is 13.6. The Hall–Kier alpha value is -3.99. The third kappa shape index (κ3) is 3.78. The number of rotatable bonds is 7. The molecule has 1 unspecified atom stereocenters. The largest absolute Gasteiger partial charge is 0.464 e. The van der Waals surface area contributed by atoms with Gasteiger partial charge in [-0.2, -0.15) is 8.75 Å². The van der Waals surface area contributed by atoms with Crippen molar-refractivity contribution in [2.75, 3.05) is 0 Å². The van der Waals surface area contributed by atoms with Crippen molar-refractivity contribution in [3.05, 3.63) is 60.4 Å². The highest BCUT2D eigenvalue weighted by atomic mass is 32.1. The highest BCUT2D eigenvalue weighted by Crippen LogP contribution is 2.23. The van der Waals surface area contributed by atoms with E-state index in [-0.39, 0.29) is 17.8 Å². The smallest absolute Gasteiger partial charge is 0.287 e. The first-order chi connectivity index (χ1) is 14.5. The molecule has 0 aliphatic heterocycles. The molecule has 0 saturated heterocycles. The Balaban J connectivity index is 1.62. The Bertz CT molecular complexity index is 1240. The zero-order valence-corrected chi connectivity index (χ0v) is 16.1. The van der Waals surface area contributed by atoms with Crippen molar-refractivity contribution in [1.29, 1.82) is 0 Å². The summed E-state index contributed by atoms with van der Waals surface area (Å²) in [6.07, 6.45) is 4.33. The zero-order valence-electron chi connectivity index (χ0n) is 15.3. The average molecular weight is 422 g/mol. The van der Waals surface area contributed by atoms with Crippen molar-refractivity contribution in [3.8, 4) is 11.4 Å².